The summed E-state index contributed by atoms with van der Waals surface area (Å²) in [5, 5.41) is 10.7. The van der Waals surface area contributed by atoms with Gasteiger partial charge < -0.3 is 20.1 Å². The first-order valence-corrected chi connectivity index (χ1v) is 13.8. The lowest BCUT2D eigenvalue weighted by molar-refractivity contribution is -0.119. The van der Waals surface area contributed by atoms with E-state index < -0.39 is 5.82 Å². The predicted octanol–water partition coefficient (Wildman–Crippen LogP) is 4.58. The molecule has 2 aliphatic rings. The smallest absolute Gasteiger partial charge is 0.227 e. The highest BCUT2D eigenvalue weighted by Gasteiger charge is 2.24. The maximum atomic E-state index is 16.2. The lowest BCUT2D eigenvalue weighted by Crippen LogP contribution is -2.44. The van der Waals surface area contributed by atoms with Gasteiger partial charge in [0.25, 0.3) is 0 Å². The normalized spacial score (nSPS) is 16.8. The van der Waals surface area contributed by atoms with E-state index in [9.17, 15) is 4.79 Å². The molecule has 0 unspecified atom stereocenters. The number of carbonyl (C=O) groups excluding carboxylic acids is 1. The second kappa shape index (κ2) is 9.98. The molecule has 204 valence electrons. The fourth-order valence-electron chi connectivity index (χ4n) is 5.84. The molecule has 4 aromatic heterocycles. The fourth-order valence-corrected chi connectivity index (χ4v) is 5.84. The number of hydrogen-bond donors (Lipinski definition) is 3. The van der Waals surface area contributed by atoms with Crippen LogP contribution in [0.5, 0.6) is 0 Å². The summed E-state index contributed by atoms with van der Waals surface area (Å²) in [6.07, 6.45) is 8.93. The molecule has 5 heterocycles. The van der Waals surface area contributed by atoms with E-state index in [4.69, 9.17) is 4.98 Å². The quantitative estimate of drug-likeness (QED) is 0.299. The molecule has 3 N–H and O–H groups in total. The van der Waals surface area contributed by atoms with E-state index in [1.54, 1.807) is 36.8 Å². The van der Waals surface area contributed by atoms with Gasteiger partial charge in [0.1, 0.15) is 17.0 Å². The lowest BCUT2D eigenvalue weighted by Gasteiger charge is -2.33. The number of anilines is 2. The van der Waals surface area contributed by atoms with Gasteiger partial charge in [0.15, 0.2) is 11.6 Å². The van der Waals surface area contributed by atoms with Crippen molar-refractivity contribution in [3.05, 3.63) is 48.7 Å². The van der Waals surface area contributed by atoms with Crippen molar-refractivity contribution in [3.63, 3.8) is 0 Å². The first-order valence-electron chi connectivity index (χ1n) is 13.8. The molecule has 2 fully saturated rings. The number of likely N-dealkylation sites (N-methyl/N-ethyl adjacent to an activating group) is 1. The van der Waals surface area contributed by atoms with Crippen LogP contribution in [0.1, 0.15) is 25.7 Å². The maximum absolute atomic E-state index is 16.2. The van der Waals surface area contributed by atoms with Crippen molar-refractivity contribution in [2.24, 2.45) is 5.92 Å². The number of aromatic nitrogens is 6. The number of rotatable bonds is 5. The van der Waals surface area contributed by atoms with Crippen molar-refractivity contribution in [1.82, 2.24) is 35.0 Å². The molecule has 1 aliphatic carbocycles. The number of hydrogen-bond acceptors (Lipinski definition) is 7. The Morgan fingerprint density at radius 2 is 1.90 bits per heavy atom. The summed E-state index contributed by atoms with van der Waals surface area (Å²) in [6.45, 7) is 3.63. The number of nitrogens with one attached hydrogen (secondary N) is 3. The van der Waals surface area contributed by atoms with Crippen molar-refractivity contribution in [2.45, 2.75) is 25.7 Å². The van der Waals surface area contributed by atoms with E-state index >= 15 is 4.39 Å². The van der Waals surface area contributed by atoms with Gasteiger partial charge >= 0.3 is 0 Å². The largest absolute Gasteiger partial charge is 0.352 e. The highest BCUT2D eigenvalue weighted by molar-refractivity contribution is 5.98. The first kappa shape index (κ1) is 24.6. The third kappa shape index (κ3) is 4.36. The van der Waals surface area contributed by atoms with Gasteiger partial charge in [-0.1, -0.05) is 12.8 Å². The Balaban J connectivity index is 1.24. The van der Waals surface area contributed by atoms with Gasteiger partial charge in [-0.15, -0.1) is 0 Å². The molecule has 5 aromatic rings. The number of aromatic amines is 2. The third-order valence-electron chi connectivity index (χ3n) is 8.12. The van der Waals surface area contributed by atoms with Crippen molar-refractivity contribution < 1.29 is 9.18 Å². The molecule has 1 amide bonds. The van der Waals surface area contributed by atoms with Crippen LogP contribution in [-0.2, 0) is 4.79 Å². The van der Waals surface area contributed by atoms with Crippen LogP contribution in [0.15, 0.2) is 42.9 Å². The van der Waals surface area contributed by atoms with Gasteiger partial charge in [-0.3, -0.25) is 14.9 Å². The van der Waals surface area contributed by atoms with Gasteiger partial charge in [-0.2, -0.15) is 5.10 Å². The molecule has 1 saturated carbocycles. The second-order valence-electron chi connectivity index (χ2n) is 10.8. The van der Waals surface area contributed by atoms with Gasteiger partial charge in [-0.05, 0) is 44.2 Å². The van der Waals surface area contributed by atoms with E-state index in [1.165, 1.54) is 0 Å². The predicted molar refractivity (Wildman–Crippen MR) is 152 cm³/mol. The van der Waals surface area contributed by atoms with Crippen molar-refractivity contribution >= 4 is 39.3 Å². The third-order valence-corrected chi connectivity index (χ3v) is 8.12. The summed E-state index contributed by atoms with van der Waals surface area (Å²) < 4.78 is 16.2. The summed E-state index contributed by atoms with van der Waals surface area (Å²) >= 11 is 0. The van der Waals surface area contributed by atoms with Gasteiger partial charge in [0.2, 0.25) is 5.91 Å². The number of carbonyl (C=O) groups is 1. The van der Waals surface area contributed by atoms with Gasteiger partial charge in [0, 0.05) is 55.6 Å². The van der Waals surface area contributed by atoms with Crippen LogP contribution in [0.4, 0.5) is 15.9 Å². The first-order chi connectivity index (χ1) is 19.5. The zero-order chi connectivity index (χ0) is 27.2. The van der Waals surface area contributed by atoms with E-state index in [1.807, 2.05) is 6.07 Å². The summed E-state index contributed by atoms with van der Waals surface area (Å²) in [4.78, 5) is 34.2. The Hall–Kier alpha value is -4.38. The number of pyridine rings is 2. The highest BCUT2D eigenvalue weighted by Crippen LogP contribution is 2.35. The Bertz CT molecular complexity index is 1710. The number of amides is 1. The van der Waals surface area contributed by atoms with E-state index in [-0.39, 0.29) is 11.8 Å². The molecular formula is C29H30FN9O. The second-order valence-corrected chi connectivity index (χ2v) is 10.8. The molecule has 1 saturated heterocycles. The van der Waals surface area contributed by atoms with Crippen LogP contribution in [0, 0.1) is 11.7 Å². The van der Waals surface area contributed by atoms with Crippen LogP contribution < -0.4 is 10.2 Å². The Labute approximate surface area is 230 Å². The Morgan fingerprint density at radius 1 is 1.07 bits per heavy atom. The Morgan fingerprint density at radius 3 is 2.73 bits per heavy atom. The molecule has 7 rings (SSSR count). The topological polar surface area (TPSA) is 119 Å². The minimum absolute atomic E-state index is 0.000173. The molecular weight excluding hydrogens is 509 g/mol. The molecule has 0 bridgehead atoms. The zero-order valence-electron chi connectivity index (χ0n) is 22.2. The van der Waals surface area contributed by atoms with E-state index in [0.717, 1.165) is 68.7 Å². The molecule has 0 radical (unpaired) electrons. The minimum atomic E-state index is -0.430. The van der Waals surface area contributed by atoms with Gasteiger partial charge in [-0.25, -0.2) is 14.4 Å². The maximum Gasteiger partial charge on any atom is 0.227 e. The van der Waals surface area contributed by atoms with Crippen molar-refractivity contribution in [2.75, 3.05) is 43.4 Å². The number of fused-ring (bicyclic) bond motifs is 2. The standard InChI is InChI=1S/C29H30FN9O/c1-38-10-12-39(13-11-38)28-25-22(8-9-32-28)34-27(35-25)26-23-21(36-37-26)7-6-20(24(23)30)18-14-19(16-31-15-18)33-29(40)17-4-2-3-5-17/h6-9,14-17H,2-5,10-13H2,1H3,(H,33,40)(H,34,35)(H,36,37). The number of benzene rings is 1. The molecule has 1 aliphatic heterocycles. The molecule has 0 spiro atoms. The molecule has 1 aromatic carbocycles. The lowest BCUT2D eigenvalue weighted by atomic mass is 10.0. The SMILES string of the molecule is CN1CCN(c2nccc3[nH]c(-c4n[nH]c5ccc(-c6cncc(NC(=O)C7CCCC7)c6)c(F)c45)nc23)CC1. The van der Waals surface area contributed by atoms with Crippen LogP contribution >= 0.6 is 0 Å². The number of imidazole rings is 1. The molecule has 11 heteroatoms. The van der Waals surface area contributed by atoms with Crippen LogP contribution in [0.2, 0.25) is 0 Å². The molecule has 0 atom stereocenters. The number of piperazine rings is 1. The van der Waals surface area contributed by atoms with E-state index in [0.29, 0.717) is 39.2 Å². The minimum Gasteiger partial charge on any atom is -0.352 e. The zero-order valence-corrected chi connectivity index (χ0v) is 22.2. The van der Waals surface area contributed by atoms with E-state index in [2.05, 4.69) is 47.3 Å². The Kier molecular flexibility index (Phi) is 6.15. The summed E-state index contributed by atoms with van der Waals surface area (Å²) in [5.74, 6) is 0.883. The molecule has 10 nitrogen and oxygen atoms in total. The van der Waals surface area contributed by atoms with Gasteiger partial charge in [0.05, 0.1) is 28.3 Å². The highest BCUT2D eigenvalue weighted by atomic mass is 19.1. The van der Waals surface area contributed by atoms with Crippen molar-refractivity contribution in [3.8, 4) is 22.6 Å². The summed E-state index contributed by atoms with van der Waals surface area (Å²) in [7, 11) is 2.11. The van der Waals surface area contributed by atoms with Crippen LogP contribution in [0.25, 0.3) is 44.6 Å². The monoisotopic (exact) mass is 539 g/mol. The van der Waals surface area contributed by atoms with Crippen LogP contribution in [0.3, 0.4) is 0 Å². The molecule has 40 heavy (non-hydrogen) atoms. The fraction of sp³-hybridized carbons (Fsp3) is 0.345. The average molecular weight is 540 g/mol. The summed E-state index contributed by atoms with van der Waals surface area (Å²) in [5.41, 5.74) is 4.02. The average Bonchev–Trinajstić information content (AvgIpc) is 3.73. The van der Waals surface area contributed by atoms with Crippen molar-refractivity contribution in [1.29, 1.82) is 0 Å². The number of nitrogens with zero attached hydrogens (tertiary/aromatic N) is 6. The summed E-state index contributed by atoms with van der Waals surface area (Å²) in [6, 6.07) is 7.14. The number of H-pyrrole nitrogens is 2. The van der Waals surface area contributed by atoms with Crippen LogP contribution in [-0.4, -0.2) is 74.2 Å². The number of halogens is 1.